The van der Waals surface area contributed by atoms with Gasteiger partial charge in [0.05, 0.1) is 0 Å². The number of ether oxygens (including phenoxy) is 1. The van der Waals surface area contributed by atoms with Crippen LogP contribution in [0.5, 0.6) is 0 Å². The molecule has 1 saturated heterocycles. The number of hydrogen-bond donors (Lipinski definition) is 1. The third-order valence-corrected chi connectivity index (χ3v) is 2.55. The van der Waals surface area contributed by atoms with Crippen molar-refractivity contribution in [1.82, 2.24) is 5.32 Å². The third-order valence-electron chi connectivity index (χ3n) is 2.55. The smallest absolute Gasteiger partial charge is 0.0480 e. The van der Waals surface area contributed by atoms with Gasteiger partial charge in [0, 0.05) is 31.7 Å². The van der Waals surface area contributed by atoms with E-state index in [2.05, 4.69) is 18.2 Å². The molecule has 0 bridgehead atoms. The Hall–Kier alpha value is -0.520. The van der Waals surface area contributed by atoms with Crippen molar-refractivity contribution < 1.29 is 4.74 Å². The minimum absolute atomic E-state index is 0.494. The van der Waals surface area contributed by atoms with Crippen molar-refractivity contribution in [2.45, 2.75) is 44.7 Å². The Balaban J connectivity index is 2.23. The predicted octanol–water partition coefficient (Wildman–Crippen LogP) is 1.56. The molecule has 0 amide bonds. The molecule has 1 fully saturated rings. The molecule has 1 unspecified atom stereocenters. The van der Waals surface area contributed by atoms with Gasteiger partial charge in [-0.05, 0) is 19.3 Å². The fraction of sp³-hybridized carbons (Fsp3) is 0.818. The normalized spacial score (nSPS) is 20.9. The molecular weight excluding hydrogens is 162 g/mol. The average Bonchev–Trinajstić information content (AvgIpc) is 2.19. The first kappa shape index (κ1) is 10.6. The lowest BCUT2D eigenvalue weighted by atomic mass is 10.1. The summed E-state index contributed by atoms with van der Waals surface area (Å²) in [6.07, 6.45) is 9.50. The van der Waals surface area contributed by atoms with Crippen LogP contribution in [0.3, 0.4) is 0 Å². The van der Waals surface area contributed by atoms with E-state index < -0.39 is 0 Å². The lowest BCUT2D eigenvalue weighted by Gasteiger charge is -2.27. The molecule has 0 aromatic rings. The second kappa shape index (κ2) is 6.01. The minimum atomic E-state index is 0.494. The van der Waals surface area contributed by atoms with E-state index in [9.17, 15) is 0 Å². The molecule has 0 saturated carbocycles. The van der Waals surface area contributed by atoms with Crippen molar-refractivity contribution in [2.75, 3.05) is 13.2 Å². The monoisotopic (exact) mass is 181 g/mol. The zero-order chi connectivity index (χ0) is 9.52. The fourth-order valence-corrected chi connectivity index (χ4v) is 1.66. The summed E-state index contributed by atoms with van der Waals surface area (Å²) in [5, 5.41) is 3.58. The van der Waals surface area contributed by atoms with Crippen LogP contribution in [0.4, 0.5) is 0 Å². The summed E-state index contributed by atoms with van der Waals surface area (Å²) in [5.41, 5.74) is 0. The maximum absolute atomic E-state index is 5.30. The van der Waals surface area contributed by atoms with Gasteiger partial charge in [-0.25, -0.2) is 0 Å². The topological polar surface area (TPSA) is 21.3 Å². The zero-order valence-electron chi connectivity index (χ0n) is 8.38. The van der Waals surface area contributed by atoms with Crippen LogP contribution in [0.1, 0.15) is 32.6 Å². The number of terminal acetylenes is 1. The summed E-state index contributed by atoms with van der Waals surface area (Å²) >= 11 is 0. The first-order chi connectivity index (χ1) is 6.36. The Bertz CT molecular complexity index is 167. The van der Waals surface area contributed by atoms with E-state index in [-0.39, 0.29) is 0 Å². The highest BCUT2D eigenvalue weighted by atomic mass is 16.5. The molecule has 1 aliphatic rings. The van der Waals surface area contributed by atoms with Gasteiger partial charge < -0.3 is 10.1 Å². The van der Waals surface area contributed by atoms with Crippen molar-refractivity contribution in [3.05, 3.63) is 0 Å². The van der Waals surface area contributed by atoms with Crippen molar-refractivity contribution in [3.63, 3.8) is 0 Å². The summed E-state index contributed by atoms with van der Waals surface area (Å²) in [6, 6.07) is 1.11. The molecule has 2 heteroatoms. The third kappa shape index (κ3) is 3.80. The van der Waals surface area contributed by atoms with Gasteiger partial charge in [0.1, 0.15) is 0 Å². The van der Waals surface area contributed by atoms with Gasteiger partial charge in [-0.3, -0.25) is 0 Å². The van der Waals surface area contributed by atoms with Gasteiger partial charge in [-0.1, -0.05) is 6.92 Å². The van der Waals surface area contributed by atoms with Crippen LogP contribution in [-0.2, 0) is 4.74 Å². The number of hydrogen-bond acceptors (Lipinski definition) is 2. The largest absolute Gasteiger partial charge is 0.381 e. The van der Waals surface area contributed by atoms with Crippen LogP contribution in [0.15, 0.2) is 0 Å². The van der Waals surface area contributed by atoms with Crippen molar-refractivity contribution >= 4 is 0 Å². The highest BCUT2D eigenvalue weighted by Gasteiger charge is 2.16. The van der Waals surface area contributed by atoms with Gasteiger partial charge >= 0.3 is 0 Å². The van der Waals surface area contributed by atoms with Crippen molar-refractivity contribution in [3.8, 4) is 12.3 Å². The number of nitrogens with one attached hydrogen (secondary N) is 1. The lowest BCUT2D eigenvalue weighted by molar-refractivity contribution is 0.0748. The summed E-state index contributed by atoms with van der Waals surface area (Å²) in [6.45, 7) is 3.96. The summed E-state index contributed by atoms with van der Waals surface area (Å²) in [5.74, 6) is 2.71. The standard InChI is InChI=1S/C11H19NO/c1-3-5-10(4-2)12-11-6-8-13-9-7-11/h1,10-12H,4-9H2,2H3. The van der Waals surface area contributed by atoms with Gasteiger partial charge in [0.15, 0.2) is 0 Å². The van der Waals surface area contributed by atoms with Crippen LogP contribution in [-0.4, -0.2) is 25.3 Å². The minimum Gasteiger partial charge on any atom is -0.381 e. The maximum atomic E-state index is 5.30. The summed E-state index contributed by atoms with van der Waals surface area (Å²) < 4.78 is 5.29. The SMILES string of the molecule is C#CCC(CC)NC1CCOCC1. The molecule has 0 aliphatic carbocycles. The molecular formula is C11H19NO. The molecule has 74 valence electrons. The molecule has 0 radical (unpaired) electrons. The Morgan fingerprint density at radius 3 is 2.77 bits per heavy atom. The van der Waals surface area contributed by atoms with Crippen molar-refractivity contribution in [1.29, 1.82) is 0 Å². The molecule has 1 rings (SSSR count). The van der Waals surface area contributed by atoms with Gasteiger partial charge in [-0.15, -0.1) is 12.3 Å². The van der Waals surface area contributed by atoms with E-state index >= 15 is 0 Å². The second-order valence-corrected chi connectivity index (χ2v) is 3.57. The first-order valence-corrected chi connectivity index (χ1v) is 5.14. The molecule has 13 heavy (non-hydrogen) atoms. The Morgan fingerprint density at radius 1 is 1.54 bits per heavy atom. The van der Waals surface area contributed by atoms with Crippen LogP contribution < -0.4 is 5.32 Å². The Morgan fingerprint density at radius 2 is 2.23 bits per heavy atom. The van der Waals surface area contributed by atoms with E-state index in [1.54, 1.807) is 0 Å². The molecule has 0 spiro atoms. The average molecular weight is 181 g/mol. The molecule has 1 atom stereocenters. The number of rotatable bonds is 4. The molecule has 0 aromatic heterocycles. The molecule has 1 aliphatic heterocycles. The van der Waals surface area contributed by atoms with E-state index in [1.165, 1.54) is 0 Å². The summed E-state index contributed by atoms with van der Waals surface area (Å²) in [7, 11) is 0. The highest BCUT2D eigenvalue weighted by Crippen LogP contribution is 2.09. The van der Waals surface area contributed by atoms with Gasteiger partial charge in [0.2, 0.25) is 0 Å². The highest BCUT2D eigenvalue weighted by molar-refractivity contribution is 4.90. The maximum Gasteiger partial charge on any atom is 0.0480 e. The van der Waals surface area contributed by atoms with E-state index in [4.69, 9.17) is 11.2 Å². The molecule has 0 aromatic carbocycles. The first-order valence-electron chi connectivity index (χ1n) is 5.14. The van der Waals surface area contributed by atoms with Crippen LogP contribution >= 0.6 is 0 Å². The van der Waals surface area contributed by atoms with E-state index in [0.29, 0.717) is 12.1 Å². The quantitative estimate of drug-likeness (QED) is 0.664. The molecule has 2 nitrogen and oxygen atoms in total. The Labute approximate surface area is 81.0 Å². The van der Waals surface area contributed by atoms with Gasteiger partial charge in [0.25, 0.3) is 0 Å². The van der Waals surface area contributed by atoms with E-state index in [1.807, 2.05) is 0 Å². The lowest BCUT2D eigenvalue weighted by Crippen LogP contribution is -2.41. The second-order valence-electron chi connectivity index (χ2n) is 3.57. The molecule has 1 heterocycles. The predicted molar refractivity (Wildman–Crippen MR) is 54.5 cm³/mol. The van der Waals surface area contributed by atoms with Gasteiger partial charge in [-0.2, -0.15) is 0 Å². The molecule has 1 N–H and O–H groups in total. The fourth-order valence-electron chi connectivity index (χ4n) is 1.66. The van der Waals surface area contributed by atoms with Crippen LogP contribution in [0.2, 0.25) is 0 Å². The van der Waals surface area contributed by atoms with Crippen molar-refractivity contribution in [2.24, 2.45) is 0 Å². The zero-order valence-corrected chi connectivity index (χ0v) is 8.38. The summed E-state index contributed by atoms with van der Waals surface area (Å²) in [4.78, 5) is 0. The van der Waals surface area contributed by atoms with Crippen LogP contribution in [0.25, 0.3) is 0 Å². The van der Waals surface area contributed by atoms with E-state index in [0.717, 1.165) is 38.9 Å². The Kier molecular flexibility index (Phi) is 4.88. The van der Waals surface area contributed by atoms with Crippen LogP contribution in [0, 0.1) is 12.3 Å².